The number of amides is 1. The molecule has 0 unspecified atom stereocenters. The lowest BCUT2D eigenvalue weighted by molar-refractivity contribution is -0.384. The second-order valence-corrected chi connectivity index (χ2v) is 6.64. The van der Waals surface area contributed by atoms with Crippen molar-refractivity contribution >= 4 is 23.6 Å². The van der Waals surface area contributed by atoms with Crippen molar-refractivity contribution in [2.24, 2.45) is 5.92 Å². The minimum Gasteiger partial charge on any atom is -0.449 e. The third-order valence-electron chi connectivity index (χ3n) is 4.59. The summed E-state index contributed by atoms with van der Waals surface area (Å²) in [6, 6.07) is 6.01. The summed E-state index contributed by atoms with van der Waals surface area (Å²) >= 11 is 0. The lowest BCUT2D eigenvalue weighted by Crippen LogP contribution is -2.45. The molecule has 0 heterocycles. The van der Waals surface area contributed by atoms with Crippen molar-refractivity contribution in [2.75, 3.05) is 0 Å². The van der Waals surface area contributed by atoms with Gasteiger partial charge in [-0.2, -0.15) is 0 Å². The predicted octanol–water partition coefficient (Wildman–Crippen LogP) is 3.23. The number of carbonyl (C=O) groups excluding carboxylic acids is 2. The first kappa shape index (κ1) is 19.6. The Morgan fingerprint density at radius 1 is 1.35 bits per heavy atom. The first-order valence-electron chi connectivity index (χ1n) is 8.80. The van der Waals surface area contributed by atoms with Gasteiger partial charge in [0, 0.05) is 24.3 Å². The maximum atomic E-state index is 12.2. The van der Waals surface area contributed by atoms with E-state index < -0.39 is 17.0 Å². The van der Waals surface area contributed by atoms with Crippen LogP contribution in [0.25, 0.3) is 6.08 Å². The Labute approximate surface area is 152 Å². The van der Waals surface area contributed by atoms with Crippen LogP contribution in [0.5, 0.6) is 0 Å². The molecule has 1 amide bonds. The molecule has 1 aliphatic rings. The molecule has 0 radical (unpaired) electrons. The Morgan fingerprint density at radius 2 is 2.08 bits per heavy atom. The molecule has 1 saturated carbocycles. The number of nitrogens with one attached hydrogen (secondary N) is 1. The molecule has 7 heteroatoms. The second-order valence-electron chi connectivity index (χ2n) is 6.64. The monoisotopic (exact) mass is 360 g/mol. The fourth-order valence-electron chi connectivity index (χ4n) is 3.00. The van der Waals surface area contributed by atoms with Crippen LogP contribution in [0.2, 0.25) is 0 Å². The number of nitrogens with zero attached hydrogens (tertiary/aromatic N) is 1. The Balaban J connectivity index is 1.87. The minimum absolute atomic E-state index is 0.0603. The van der Waals surface area contributed by atoms with Crippen LogP contribution in [0.1, 0.15) is 45.1 Å². The Morgan fingerprint density at radius 3 is 2.77 bits per heavy atom. The van der Waals surface area contributed by atoms with Crippen LogP contribution < -0.4 is 5.32 Å². The van der Waals surface area contributed by atoms with Crippen LogP contribution in [0.3, 0.4) is 0 Å². The third kappa shape index (κ3) is 5.68. The summed E-state index contributed by atoms with van der Waals surface area (Å²) in [5.74, 6) is -0.555. The van der Waals surface area contributed by atoms with Gasteiger partial charge in [-0.1, -0.05) is 31.9 Å². The smallest absolute Gasteiger partial charge is 0.331 e. The van der Waals surface area contributed by atoms with E-state index in [-0.39, 0.29) is 17.6 Å². The number of nitro benzene ring substituents is 1. The molecule has 0 aromatic heterocycles. The van der Waals surface area contributed by atoms with Gasteiger partial charge in [0.2, 0.25) is 0 Å². The van der Waals surface area contributed by atoms with Crippen molar-refractivity contribution in [3.05, 3.63) is 46.0 Å². The molecule has 2 rings (SSSR count). The third-order valence-corrected chi connectivity index (χ3v) is 4.59. The summed E-state index contributed by atoms with van der Waals surface area (Å²) in [4.78, 5) is 34.3. The van der Waals surface area contributed by atoms with Crippen LogP contribution in [0.15, 0.2) is 30.3 Å². The normalized spacial score (nSPS) is 21.2. The Bertz CT molecular complexity index is 701. The highest BCUT2D eigenvalue weighted by atomic mass is 16.6. The molecule has 140 valence electrons. The summed E-state index contributed by atoms with van der Waals surface area (Å²) in [5.41, 5.74) is 0.444. The zero-order valence-corrected chi connectivity index (χ0v) is 15.0. The maximum Gasteiger partial charge on any atom is 0.331 e. The van der Waals surface area contributed by atoms with Crippen molar-refractivity contribution in [3.63, 3.8) is 0 Å². The molecule has 26 heavy (non-hydrogen) atoms. The number of hydrogen-bond donors (Lipinski definition) is 1. The van der Waals surface area contributed by atoms with Crippen LogP contribution in [-0.2, 0) is 14.3 Å². The fourth-order valence-corrected chi connectivity index (χ4v) is 3.00. The largest absolute Gasteiger partial charge is 0.449 e. The minimum atomic E-state index is -0.897. The standard InChI is InChI=1S/C19H24N2O5/c1-13-6-3-4-9-17(13)20-19(23)14(2)26-18(22)11-10-15-7-5-8-16(12-15)21(24)25/h5,7-8,10-14,17H,3-4,6,9H2,1-2H3,(H,20,23)/b11-10+/t13-,14-,17+/m1/s1. The van der Waals surface area contributed by atoms with Crippen molar-refractivity contribution < 1.29 is 19.2 Å². The van der Waals surface area contributed by atoms with Gasteiger partial charge in [0.15, 0.2) is 6.10 Å². The van der Waals surface area contributed by atoms with Gasteiger partial charge in [-0.3, -0.25) is 14.9 Å². The lowest BCUT2D eigenvalue weighted by Gasteiger charge is -2.30. The molecule has 0 bridgehead atoms. The lowest BCUT2D eigenvalue weighted by atomic mass is 9.86. The summed E-state index contributed by atoms with van der Waals surface area (Å²) < 4.78 is 5.12. The van der Waals surface area contributed by atoms with Gasteiger partial charge in [0.1, 0.15) is 0 Å². The number of carbonyl (C=O) groups is 2. The molecule has 0 saturated heterocycles. The molecule has 1 N–H and O–H groups in total. The van der Waals surface area contributed by atoms with Crippen LogP contribution >= 0.6 is 0 Å². The summed E-state index contributed by atoms with van der Waals surface area (Å²) in [5, 5.41) is 13.7. The topological polar surface area (TPSA) is 98.5 Å². The first-order valence-corrected chi connectivity index (χ1v) is 8.80. The number of benzene rings is 1. The van der Waals surface area contributed by atoms with Gasteiger partial charge < -0.3 is 10.1 Å². The first-order chi connectivity index (χ1) is 12.4. The van der Waals surface area contributed by atoms with E-state index in [9.17, 15) is 19.7 Å². The zero-order valence-electron chi connectivity index (χ0n) is 15.0. The van der Waals surface area contributed by atoms with Gasteiger partial charge in [0.05, 0.1) is 4.92 Å². The van der Waals surface area contributed by atoms with E-state index in [1.54, 1.807) is 6.07 Å². The number of esters is 1. The number of hydrogen-bond acceptors (Lipinski definition) is 5. The van der Waals surface area contributed by atoms with Crippen molar-refractivity contribution in [1.82, 2.24) is 5.32 Å². The summed E-state index contributed by atoms with van der Waals surface area (Å²) in [7, 11) is 0. The number of rotatable bonds is 6. The van der Waals surface area contributed by atoms with Gasteiger partial charge >= 0.3 is 5.97 Å². The van der Waals surface area contributed by atoms with E-state index in [1.165, 1.54) is 37.6 Å². The molecular weight excluding hydrogens is 336 g/mol. The molecule has 7 nitrogen and oxygen atoms in total. The quantitative estimate of drug-likeness (QED) is 0.363. The maximum absolute atomic E-state index is 12.2. The SMILES string of the molecule is C[C@@H]1CCCC[C@@H]1NC(=O)[C@@H](C)OC(=O)/C=C/c1cccc([N+](=O)[O-])c1. The van der Waals surface area contributed by atoms with E-state index in [4.69, 9.17) is 4.74 Å². The Kier molecular flexibility index (Phi) is 6.89. The van der Waals surface area contributed by atoms with Crippen LogP contribution in [0, 0.1) is 16.0 Å². The number of ether oxygens (including phenoxy) is 1. The van der Waals surface area contributed by atoms with Gasteiger partial charge in [-0.15, -0.1) is 0 Å². The average Bonchev–Trinajstić information content (AvgIpc) is 2.62. The second kappa shape index (κ2) is 9.12. The molecule has 1 fully saturated rings. The molecule has 0 spiro atoms. The number of non-ortho nitro benzene ring substituents is 1. The Hall–Kier alpha value is -2.70. The predicted molar refractivity (Wildman–Crippen MR) is 97.2 cm³/mol. The van der Waals surface area contributed by atoms with Crippen molar-refractivity contribution in [2.45, 2.75) is 51.7 Å². The molecule has 1 aromatic carbocycles. The number of nitro groups is 1. The van der Waals surface area contributed by atoms with Crippen LogP contribution in [0.4, 0.5) is 5.69 Å². The van der Waals surface area contributed by atoms with Gasteiger partial charge in [-0.25, -0.2) is 4.79 Å². The fraction of sp³-hybridized carbons (Fsp3) is 0.474. The van der Waals surface area contributed by atoms with E-state index in [0.717, 1.165) is 25.3 Å². The average molecular weight is 360 g/mol. The van der Waals surface area contributed by atoms with E-state index >= 15 is 0 Å². The summed E-state index contributed by atoms with van der Waals surface area (Å²) in [6.45, 7) is 3.64. The molecule has 1 aromatic rings. The highest BCUT2D eigenvalue weighted by molar-refractivity contribution is 5.90. The molecule has 3 atom stereocenters. The highest BCUT2D eigenvalue weighted by Crippen LogP contribution is 2.23. The van der Waals surface area contributed by atoms with Gasteiger partial charge in [0.25, 0.3) is 11.6 Å². The van der Waals surface area contributed by atoms with Crippen LogP contribution in [-0.4, -0.2) is 28.9 Å². The van der Waals surface area contributed by atoms with Gasteiger partial charge in [-0.05, 0) is 37.3 Å². The van der Waals surface area contributed by atoms with E-state index in [0.29, 0.717) is 11.5 Å². The van der Waals surface area contributed by atoms with E-state index in [1.807, 2.05) is 0 Å². The zero-order chi connectivity index (χ0) is 19.1. The van der Waals surface area contributed by atoms with E-state index in [2.05, 4.69) is 12.2 Å². The van der Waals surface area contributed by atoms with Crippen molar-refractivity contribution in [3.8, 4) is 0 Å². The summed E-state index contributed by atoms with van der Waals surface area (Å²) in [6.07, 6.45) is 5.99. The molecule has 1 aliphatic carbocycles. The molecular formula is C19H24N2O5. The molecule has 0 aliphatic heterocycles. The highest BCUT2D eigenvalue weighted by Gasteiger charge is 2.25. The van der Waals surface area contributed by atoms with Crippen molar-refractivity contribution in [1.29, 1.82) is 0 Å².